The zero-order valence-electron chi connectivity index (χ0n) is 12.4. The molecular weight excluding hydrogens is 336 g/mol. The molecule has 2 N–H and O–H groups in total. The number of Topliss-reactive ketones (excluding diaryl/α,β-unsaturated/α-hetero) is 1. The minimum atomic E-state index is -1.29. The van der Waals surface area contributed by atoms with Gasteiger partial charge in [0.15, 0.2) is 0 Å². The third-order valence-electron chi connectivity index (χ3n) is 4.11. The quantitative estimate of drug-likeness (QED) is 0.478. The van der Waals surface area contributed by atoms with E-state index in [1.54, 1.807) is 18.2 Å². The Hall–Kier alpha value is -2.67. The van der Waals surface area contributed by atoms with Crippen LogP contribution in [0.25, 0.3) is 0 Å². The molecule has 8 heteroatoms. The smallest absolute Gasteiger partial charge is 0.353 e. The van der Waals surface area contributed by atoms with Crippen LogP contribution >= 0.6 is 11.6 Å². The molecular formula is C16H13ClN2O5. The highest BCUT2D eigenvalue weighted by molar-refractivity contribution is 6.43. The van der Waals surface area contributed by atoms with Crippen molar-refractivity contribution in [2.45, 2.75) is 24.9 Å². The van der Waals surface area contributed by atoms with E-state index in [9.17, 15) is 24.3 Å². The molecule has 2 aliphatic heterocycles. The number of benzene rings is 1. The fraction of sp³-hybridized carbons (Fsp3) is 0.250. The maximum Gasteiger partial charge on any atom is 0.353 e. The minimum Gasteiger partial charge on any atom is -0.477 e. The largest absolute Gasteiger partial charge is 0.477 e. The van der Waals surface area contributed by atoms with Crippen LogP contribution in [0.3, 0.4) is 0 Å². The molecule has 0 saturated carbocycles. The van der Waals surface area contributed by atoms with Gasteiger partial charge in [-0.1, -0.05) is 41.9 Å². The lowest BCUT2D eigenvalue weighted by molar-refractivity contribution is -0.155. The molecule has 1 fully saturated rings. The second-order valence-electron chi connectivity index (χ2n) is 5.52. The molecule has 7 nitrogen and oxygen atoms in total. The molecule has 124 valence electrons. The molecule has 1 aromatic carbocycles. The van der Waals surface area contributed by atoms with Gasteiger partial charge in [-0.25, -0.2) is 4.79 Å². The number of hydrogen-bond donors (Lipinski definition) is 2. The van der Waals surface area contributed by atoms with Crippen LogP contribution < -0.4 is 5.32 Å². The van der Waals surface area contributed by atoms with Crippen molar-refractivity contribution in [2.24, 2.45) is 0 Å². The molecule has 0 aliphatic carbocycles. The Morgan fingerprint density at radius 3 is 2.50 bits per heavy atom. The van der Waals surface area contributed by atoms with E-state index < -0.39 is 35.7 Å². The first-order valence-corrected chi connectivity index (χ1v) is 7.65. The predicted molar refractivity (Wildman–Crippen MR) is 83.1 cm³/mol. The maximum atomic E-state index is 12.2. The van der Waals surface area contributed by atoms with Gasteiger partial charge in [0, 0.05) is 10.6 Å². The van der Waals surface area contributed by atoms with Gasteiger partial charge in [-0.2, -0.15) is 0 Å². The van der Waals surface area contributed by atoms with Gasteiger partial charge in [0.1, 0.15) is 11.7 Å². The van der Waals surface area contributed by atoms with E-state index in [-0.39, 0.29) is 16.3 Å². The van der Waals surface area contributed by atoms with Gasteiger partial charge in [-0.3, -0.25) is 19.3 Å². The highest BCUT2D eigenvalue weighted by Crippen LogP contribution is 2.37. The number of β-lactam (4-membered cyclic amide) rings is 1. The number of nitrogens with zero attached hydrogens (tertiary/aromatic N) is 1. The number of fused-ring (bicyclic) bond motifs is 1. The summed E-state index contributed by atoms with van der Waals surface area (Å²) in [5, 5.41) is 11.7. The lowest BCUT2D eigenvalue weighted by atomic mass is 9.86. The molecule has 2 amide bonds. The molecule has 0 unspecified atom stereocenters. The number of carbonyl (C=O) groups excluding carboxylic acids is 3. The highest BCUT2D eigenvalue weighted by Gasteiger charge is 2.53. The topological polar surface area (TPSA) is 104 Å². The van der Waals surface area contributed by atoms with Crippen molar-refractivity contribution in [2.75, 3.05) is 0 Å². The summed E-state index contributed by atoms with van der Waals surface area (Å²) >= 11 is 5.88. The number of aliphatic carboxylic acids is 1. The number of ketones is 1. The van der Waals surface area contributed by atoms with Gasteiger partial charge in [0.25, 0.3) is 11.8 Å². The summed E-state index contributed by atoms with van der Waals surface area (Å²) in [6.45, 7) is 0. The van der Waals surface area contributed by atoms with Crippen LogP contribution in [0.5, 0.6) is 0 Å². The fourth-order valence-corrected chi connectivity index (χ4v) is 3.23. The van der Waals surface area contributed by atoms with Crippen molar-refractivity contribution in [3.63, 3.8) is 0 Å². The normalized spacial score (nSPS) is 22.5. The van der Waals surface area contributed by atoms with Crippen LogP contribution in [0, 0.1) is 0 Å². The zero-order valence-corrected chi connectivity index (χ0v) is 13.1. The van der Waals surface area contributed by atoms with Gasteiger partial charge in [0.05, 0.1) is 6.04 Å². The first-order valence-electron chi connectivity index (χ1n) is 7.27. The molecule has 2 heterocycles. The number of allylic oxidation sites excluding steroid dienone is 1. The van der Waals surface area contributed by atoms with Crippen molar-refractivity contribution in [1.29, 1.82) is 0 Å². The lowest BCUT2D eigenvalue weighted by Crippen LogP contribution is -2.72. The summed E-state index contributed by atoms with van der Waals surface area (Å²) in [4.78, 5) is 48.6. The summed E-state index contributed by atoms with van der Waals surface area (Å²) in [5.41, 5.74) is -0.0331. The predicted octanol–water partition coefficient (Wildman–Crippen LogP) is 0.894. The number of hydrogen-bond acceptors (Lipinski definition) is 4. The summed E-state index contributed by atoms with van der Waals surface area (Å²) in [5.74, 6) is -3.51. The van der Waals surface area contributed by atoms with Crippen LogP contribution in [-0.4, -0.2) is 45.7 Å². The Labute approximate surface area is 141 Å². The fourth-order valence-electron chi connectivity index (χ4n) is 2.94. The number of carboxylic acids is 1. The van der Waals surface area contributed by atoms with Crippen LogP contribution in [0.4, 0.5) is 0 Å². The Morgan fingerprint density at radius 2 is 1.88 bits per heavy atom. The monoisotopic (exact) mass is 348 g/mol. The molecule has 3 rings (SSSR count). The first kappa shape index (κ1) is 16.2. The molecule has 0 aromatic heterocycles. The van der Waals surface area contributed by atoms with E-state index >= 15 is 0 Å². The van der Waals surface area contributed by atoms with Crippen molar-refractivity contribution in [3.8, 4) is 0 Å². The lowest BCUT2D eigenvalue weighted by Gasteiger charge is -2.49. The highest BCUT2D eigenvalue weighted by atomic mass is 35.5. The Bertz CT molecular complexity index is 774. The number of rotatable bonds is 4. The molecule has 2 atom stereocenters. The zero-order chi connectivity index (χ0) is 17.4. The third kappa shape index (κ3) is 2.56. The Morgan fingerprint density at radius 1 is 1.21 bits per heavy atom. The van der Waals surface area contributed by atoms with Crippen LogP contribution in [0.1, 0.15) is 23.2 Å². The van der Waals surface area contributed by atoms with E-state index in [4.69, 9.17) is 11.6 Å². The van der Waals surface area contributed by atoms with Crippen LogP contribution in [0.15, 0.2) is 41.1 Å². The van der Waals surface area contributed by atoms with E-state index in [0.29, 0.717) is 12.8 Å². The molecule has 24 heavy (non-hydrogen) atoms. The van der Waals surface area contributed by atoms with E-state index in [0.717, 1.165) is 4.90 Å². The molecule has 0 radical (unpaired) electrons. The maximum absolute atomic E-state index is 12.2. The molecule has 0 spiro atoms. The molecule has 1 aromatic rings. The van der Waals surface area contributed by atoms with E-state index in [1.165, 1.54) is 12.1 Å². The number of carboxylic acid groups (broad SMARTS) is 1. The number of halogens is 1. The van der Waals surface area contributed by atoms with Gasteiger partial charge in [-0.15, -0.1) is 0 Å². The summed E-state index contributed by atoms with van der Waals surface area (Å²) in [6, 6.07) is 6.56. The second-order valence-corrected chi connectivity index (χ2v) is 5.98. The SMILES string of the molecule is O=C(O)C1=C(Cl)CC[C@@H]2[C@H](NC(=O)C(=O)c3ccccc3)C(=O)N12. The van der Waals surface area contributed by atoms with Crippen molar-refractivity contribution >= 4 is 35.2 Å². The number of amides is 2. The molecule has 0 bridgehead atoms. The average Bonchev–Trinajstić information content (AvgIpc) is 2.59. The number of nitrogens with one attached hydrogen (secondary N) is 1. The van der Waals surface area contributed by atoms with Crippen molar-refractivity contribution in [3.05, 3.63) is 46.6 Å². The van der Waals surface area contributed by atoms with Gasteiger partial charge >= 0.3 is 5.97 Å². The Balaban J connectivity index is 1.73. The minimum absolute atomic E-state index is 0.109. The standard InChI is InChI=1S/C16H13ClN2O5/c17-9-6-7-10-11(15(22)19(10)12(9)16(23)24)18-14(21)13(20)8-4-2-1-3-5-8/h1-5,10-11H,6-7H2,(H,18,21)(H,23,24)/t10-,11+/m1/s1. The average molecular weight is 349 g/mol. The second kappa shape index (κ2) is 6.09. The Kier molecular flexibility index (Phi) is 4.11. The van der Waals surface area contributed by atoms with Gasteiger partial charge in [0.2, 0.25) is 5.78 Å². The van der Waals surface area contributed by atoms with Crippen molar-refractivity contribution < 1.29 is 24.3 Å². The van der Waals surface area contributed by atoms with Crippen LogP contribution in [-0.2, 0) is 14.4 Å². The number of carbonyl (C=O) groups is 4. The van der Waals surface area contributed by atoms with Crippen LogP contribution in [0.2, 0.25) is 0 Å². The van der Waals surface area contributed by atoms with Gasteiger partial charge < -0.3 is 10.4 Å². The third-order valence-corrected chi connectivity index (χ3v) is 4.48. The first-order chi connectivity index (χ1) is 11.4. The van der Waals surface area contributed by atoms with Crippen molar-refractivity contribution in [1.82, 2.24) is 10.2 Å². The van der Waals surface area contributed by atoms with Gasteiger partial charge in [-0.05, 0) is 12.8 Å². The summed E-state index contributed by atoms with van der Waals surface area (Å²) < 4.78 is 0. The molecule has 2 aliphatic rings. The summed E-state index contributed by atoms with van der Waals surface area (Å²) in [6.07, 6.45) is 0.725. The van der Waals surface area contributed by atoms with E-state index in [2.05, 4.69) is 5.32 Å². The summed E-state index contributed by atoms with van der Waals surface area (Å²) in [7, 11) is 0. The molecule has 1 saturated heterocycles. The van der Waals surface area contributed by atoms with E-state index in [1.807, 2.05) is 0 Å².